The average molecular weight is 228 g/mol. The molecule has 1 saturated heterocycles. The first-order chi connectivity index (χ1) is 7.40. The highest BCUT2D eigenvalue weighted by atomic mass is 16.6. The van der Waals surface area contributed by atoms with Crippen LogP contribution >= 0.6 is 0 Å². The third kappa shape index (κ3) is 4.51. The van der Waals surface area contributed by atoms with Crippen molar-refractivity contribution in [3.8, 4) is 0 Å². The Morgan fingerprint density at radius 2 is 1.94 bits per heavy atom. The number of likely N-dealkylation sites (tertiary alicyclic amines) is 1. The van der Waals surface area contributed by atoms with Gasteiger partial charge < -0.3 is 15.0 Å². The summed E-state index contributed by atoms with van der Waals surface area (Å²) in [5.41, 5.74) is -0.465. The molecule has 0 aromatic carbocycles. The third-order valence-electron chi connectivity index (χ3n) is 2.40. The number of carbonyl (C=O) groups excluding carboxylic acids is 2. The Morgan fingerprint density at radius 1 is 1.38 bits per heavy atom. The van der Waals surface area contributed by atoms with Crippen LogP contribution in [0.15, 0.2) is 0 Å². The molecule has 0 aromatic rings. The average Bonchev–Trinajstić information content (AvgIpc) is 2.16. The first-order valence-corrected chi connectivity index (χ1v) is 5.59. The minimum absolute atomic E-state index is 0.117. The minimum atomic E-state index is -0.465. The highest BCUT2D eigenvalue weighted by molar-refractivity contribution is 5.68. The highest BCUT2D eigenvalue weighted by Gasteiger charge is 2.22. The predicted molar refractivity (Wildman–Crippen MR) is 60.0 cm³/mol. The summed E-state index contributed by atoms with van der Waals surface area (Å²) in [6, 6.07) is 0.117. The lowest BCUT2D eigenvalue weighted by molar-refractivity contribution is -0.119. The molecular weight excluding hydrogens is 208 g/mol. The predicted octanol–water partition coefficient (Wildman–Crippen LogP) is 1.13. The lowest BCUT2D eigenvalue weighted by Crippen LogP contribution is -2.45. The van der Waals surface area contributed by atoms with Crippen LogP contribution < -0.4 is 5.32 Å². The summed E-state index contributed by atoms with van der Waals surface area (Å²) in [6.07, 6.45) is 2.05. The van der Waals surface area contributed by atoms with E-state index in [1.54, 1.807) is 4.90 Å². The smallest absolute Gasteiger partial charge is 0.407 e. The van der Waals surface area contributed by atoms with Crippen molar-refractivity contribution in [1.82, 2.24) is 10.2 Å². The minimum Gasteiger partial charge on any atom is -0.444 e. The van der Waals surface area contributed by atoms with Crippen molar-refractivity contribution in [2.45, 2.75) is 45.3 Å². The van der Waals surface area contributed by atoms with E-state index in [9.17, 15) is 9.59 Å². The van der Waals surface area contributed by atoms with Gasteiger partial charge in [-0.3, -0.25) is 4.79 Å². The monoisotopic (exact) mass is 228 g/mol. The summed E-state index contributed by atoms with van der Waals surface area (Å²) in [5, 5.41) is 2.82. The molecule has 0 aliphatic carbocycles. The maximum absolute atomic E-state index is 11.5. The SMILES string of the molecule is CC(C)(C)OC(=O)NC1CCN(C=O)CC1. The molecule has 0 saturated carbocycles. The second kappa shape index (κ2) is 5.18. The van der Waals surface area contributed by atoms with Gasteiger partial charge >= 0.3 is 6.09 Å². The maximum atomic E-state index is 11.5. The topological polar surface area (TPSA) is 58.6 Å². The van der Waals surface area contributed by atoms with E-state index in [1.165, 1.54) is 0 Å². The molecule has 5 nitrogen and oxygen atoms in total. The van der Waals surface area contributed by atoms with Crippen LogP contribution in [0.3, 0.4) is 0 Å². The lowest BCUT2D eigenvalue weighted by Gasteiger charge is -2.30. The molecule has 1 fully saturated rings. The van der Waals surface area contributed by atoms with E-state index in [2.05, 4.69) is 5.32 Å². The second-order valence-electron chi connectivity index (χ2n) is 5.06. The molecule has 1 N–H and O–H groups in total. The van der Waals surface area contributed by atoms with E-state index >= 15 is 0 Å². The Labute approximate surface area is 96.1 Å². The van der Waals surface area contributed by atoms with Crippen LogP contribution in [0.1, 0.15) is 33.6 Å². The normalized spacial score (nSPS) is 18.1. The van der Waals surface area contributed by atoms with Gasteiger partial charge in [-0.25, -0.2) is 4.79 Å². The molecule has 92 valence electrons. The van der Waals surface area contributed by atoms with Gasteiger partial charge in [0.25, 0.3) is 0 Å². The van der Waals surface area contributed by atoms with E-state index in [0.717, 1.165) is 19.3 Å². The summed E-state index contributed by atoms with van der Waals surface area (Å²) in [4.78, 5) is 23.7. The Morgan fingerprint density at radius 3 is 2.38 bits per heavy atom. The molecule has 1 aliphatic heterocycles. The van der Waals surface area contributed by atoms with Gasteiger partial charge in [0, 0.05) is 19.1 Å². The number of hydrogen-bond acceptors (Lipinski definition) is 3. The number of carbonyl (C=O) groups is 2. The number of ether oxygens (including phenoxy) is 1. The van der Waals surface area contributed by atoms with Crippen molar-refractivity contribution < 1.29 is 14.3 Å². The van der Waals surface area contributed by atoms with Gasteiger partial charge in [-0.05, 0) is 33.6 Å². The van der Waals surface area contributed by atoms with E-state index in [-0.39, 0.29) is 12.1 Å². The van der Waals surface area contributed by atoms with Gasteiger partial charge in [0.15, 0.2) is 0 Å². The number of piperidine rings is 1. The molecule has 0 atom stereocenters. The van der Waals surface area contributed by atoms with Crippen LogP contribution in [0, 0.1) is 0 Å². The van der Waals surface area contributed by atoms with Gasteiger partial charge in [0.2, 0.25) is 6.41 Å². The molecule has 1 heterocycles. The molecule has 0 bridgehead atoms. The molecule has 2 amide bonds. The van der Waals surface area contributed by atoms with Crippen molar-refractivity contribution >= 4 is 12.5 Å². The highest BCUT2D eigenvalue weighted by Crippen LogP contribution is 2.11. The molecule has 16 heavy (non-hydrogen) atoms. The van der Waals surface area contributed by atoms with Crippen molar-refractivity contribution in [3.63, 3.8) is 0 Å². The molecule has 0 aromatic heterocycles. The van der Waals surface area contributed by atoms with Gasteiger partial charge in [-0.2, -0.15) is 0 Å². The molecule has 0 unspecified atom stereocenters. The van der Waals surface area contributed by atoms with Gasteiger partial charge in [0.05, 0.1) is 0 Å². The zero-order chi connectivity index (χ0) is 12.2. The van der Waals surface area contributed by atoms with E-state index in [4.69, 9.17) is 4.74 Å². The van der Waals surface area contributed by atoms with E-state index < -0.39 is 5.60 Å². The summed E-state index contributed by atoms with van der Waals surface area (Å²) >= 11 is 0. The largest absolute Gasteiger partial charge is 0.444 e. The Kier molecular flexibility index (Phi) is 4.15. The molecule has 0 spiro atoms. The van der Waals surface area contributed by atoms with Crippen LogP contribution in [0.4, 0.5) is 4.79 Å². The van der Waals surface area contributed by atoms with Crippen LogP contribution in [0.25, 0.3) is 0 Å². The first-order valence-electron chi connectivity index (χ1n) is 5.59. The number of alkyl carbamates (subject to hydrolysis) is 1. The Bertz CT molecular complexity index is 252. The number of nitrogens with one attached hydrogen (secondary N) is 1. The van der Waals surface area contributed by atoms with Gasteiger partial charge in [0.1, 0.15) is 5.60 Å². The zero-order valence-corrected chi connectivity index (χ0v) is 10.2. The number of amides is 2. The summed E-state index contributed by atoms with van der Waals surface area (Å²) in [6.45, 7) is 6.90. The number of rotatable bonds is 2. The fourth-order valence-electron chi connectivity index (χ4n) is 1.62. The molecule has 1 aliphatic rings. The summed E-state index contributed by atoms with van der Waals surface area (Å²) in [7, 11) is 0. The number of hydrogen-bond donors (Lipinski definition) is 1. The van der Waals surface area contributed by atoms with Crippen molar-refractivity contribution in [2.24, 2.45) is 0 Å². The maximum Gasteiger partial charge on any atom is 0.407 e. The summed E-state index contributed by atoms with van der Waals surface area (Å²) in [5.74, 6) is 0. The van der Waals surface area contributed by atoms with Crippen LogP contribution in [-0.2, 0) is 9.53 Å². The molecule has 5 heteroatoms. The van der Waals surface area contributed by atoms with Crippen LogP contribution in [0.2, 0.25) is 0 Å². The fourth-order valence-corrected chi connectivity index (χ4v) is 1.62. The zero-order valence-electron chi connectivity index (χ0n) is 10.2. The summed E-state index contributed by atoms with van der Waals surface area (Å²) < 4.78 is 5.16. The Balaban J connectivity index is 2.28. The fraction of sp³-hybridized carbons (Fsp3) is 0.818. The number of nitrogens with zero attached hydrogens (tertiary/aromatic N) is 1. The van der Waals surface area contributed by atoms with Crippen molar-refractivity contribution in [3.05, 3.63) is 0 Å². The lowest BCUT2D eigenvalue weighted by atomic mass is 10.1. The standard InChI is InChI=1S/C11H20N2O3/c1-11(2,3)16-10(15)12-9-4-6-13(8-14)7-5-9/h8-9H,4-7H2,1-3H3,(H,12,15). The van der Waals surface area contributed by atoms with Crippen molar-refractivity contribution in [2.75, 3.05) is 13.1 Å². The quantitative estimate of drug-likeness (QED) is 0.721. The molecule has 0 radical (unpaired) electrons. The van der Waals surface area contributed by atoms with Gasteiger partial charge in [-0.1, -0.05) is 0 Å². The van der Waals surface area contributed by atoms with E-state index in [0.29, 0.717) is 13.1 Å². The molecular formula is C11H20N2O3. The van der Waals surface area contributed by atoms with E-state index in [1.807, 2.05) is 20.8 Å². The van der Waals surface area contributed by atoms with Crippen LogP contribution in [-0.4, -0.2) is 42.1 Å². The first kappa shape index (κ1) is 12.8. The second-order valence-corrected chi connectivity index (χ2v) is 5.06. The molecule has 1 rings (SSSR count). The van der Waals surface area contributed by atoms with Gasteiger partial charge in [-0.15, -0.1) is 0 Å². The van der Waals surface area contributed by atoms with Crippen molar-refractivity contribution in [1.29, 1.82) is 0 Å². The third-order valence-corrected chi connectivity index (χ3v) is 2.40. The Hall–Kier alpha value is -1.26. The van der Waals surface area contributed by atoms with Crippen LogP contribution in [0.5, 0.6) is 0 Å².